The number of hydrogen-bond acceptors (Lipinski definition) is 2. The van der Waals surface area contributed by atoms with Crippen LogP contribution in [0, 0.1) is 0 Å². The van der Waals surface area contributed by atoms with E-state index in [1.807, 2.05) is 0 Å². The molecular weight excluding hydrogens is 252 g/mol. The molecule has 0 bridgehead atoms. The number of halogens is 1. The normalized spacial score (nSPS) is 13.5. The summed E-state index contributed by atoms with van der Waals surface area (Å²) in [5, 5.41) is 0. The van der Waals surface area contributed by atoms with Gasteiger partial charge >= 0.3 is 0 Å². The van der Waals surface area contributed by atoms with E-state index in [0.29, 0.717) is 18.6 Å². The van der Waals surface area contributed by atoms with Crippen LogP contribution in [-0.2, 0) is 0 Å². The summed E-state index contributed by atoms with van der Waals surface area (Å²) in [6.07, 6.45) is 0. The highest BCUT2D eigenvalue weighted by Gasteiger charge is 2.17. The van der Waals surface area contributed by atoms with Gasteiger partial charge in [0.05, 0.1) is 0 Å². The smallest absolute Gasteiger partial charge is 0.0470 e. The molecule has 1 unspecified atom stereocenters. The number of rotatable bonds is 4. The van der Waals surface area contributed by atoms with E-state index >= 15 is 0 Å². The Morgan fingerprint density at radius 2 is 1.80 bits per heavy atom. The van der Waals surface area contributed by atoms with E-state index in [-0.39, 0.29) is 0 Å². The first-order valence-electron chi connectivity index (χ1n) is 5.23. The Morgan fingerprint density at radius 1 is 1.27 bits per heavy atom. The van der Waals surface area contributed by atoms with Crippen molar-refractivity contribution < 1.29 is 0 Å². The van der Waals surface area contributed by atoms with Gasteiger partial charge in [0, 0.05) is 23.1 Å². The van der Waals surface area contributed by atoms with Gasteiger partial charge < -0.3 is 5.73 Å². The molecule has 0 heterocycles. The summed E-state index contributed by atoms with van der Waals surface area (Å²) in [5.41, 5.74) is 7.10. The summed E-state index contributed by atoms with van der Waals surface area (Å²) in [6.45, 7) is 5.01. The van der Waals surface area contributed by atoms with Gasteiger partial charge in [0.25, 0.3) is 0 Å². The largest absolute Gasteiger partial charge is 0.329 e. The summed E-state index contributed by atoms with van der Waals surface area (Å²) < 4.78 is 1.11. The van der Waals surface area contributed by atoms with E-state index in [4.69, 9.17) is 5.73 Å². The lowest BCUT2D eigenvalue weighted by atomic mass is 10.0. The Balaban J connectivity index is 2.87. The minimum absolute atomic E-state index is 0.304. The van der Waals surface area contributed by atoms with Gasteiger partial charge in [-0.05, 0) is 38.6 Å². The van der Waals surface area contributed by atoms with Crippen LogP contribution in [0.15, 0.2) is 28.7 Å². The molecular formula is C12H19BrN2. The van der Waals surface area contributed by atoms with Gasteiger partial charge in [-0.3, -0.25) is 4.90 Å². The zero-order valence-corrected chi connectivity index (χ0v) is 11.2. The second-order valence-corrected chi connectivity index (χ2v) is 4.98. The molecule has 1 aromatic carbocycles. The van der Waals surface area contributed by atoms with Gasteiger partial charge in [0.2, 0.25) is 0 Å². The molecule has 2 N–H and O–H groups in total. The Labute approximate surface area is 101 Å². The van der Waals surface area contributed by atoms with Crippen molar-refractivity contribution in [1.29, 1.82) is 0 Å². The first kappa shape index (κ1) is 12.7. The number of nitrogens with zero attached hydrogens (tertiary/aromatic N) is 1. The first-order valence-corrected chi connectivity index (χ1v) is 6.03. The SMILES string of the molecule is CC(C)N(C)C(CN)c1ccc(Br)cc1. The third-order valence-corrected chi connectivity index (χ3v) is 3.31. The average Bonchev–Trinajstić information content (AvgIpc) is 2.21. The summed E-state index contributed by atoms with van der Waals surface area (Å²) >= 11 is 3.44. The van der Waals surface area contributed by atoms with Crippen molar-refractivity contribution in [1.82, 2.24) is 4.90 Å². The van der Waals surface area contributed by atoms with Crippen LogP contribution >= 0.6 is 15.9 Å². The summed E-state index contributed by atoms with van der Waals surface area (Å²) in [7, 11) is 2.12. The Bertz CT molecular complexity index is 295. The molecule has 0 amide bonds. The minimum Gasteiger partial charge on any atom is -0.329 e. The third-order valence-electron chi connectivity index (χ3n) is 2.78. The number of nitrogens with two attached hydrogens (primary N) is 1. The molecule has 0 fully saturated rings. The fraction of sp³-hybridized carbons (Fsp3) is 0.500. The van der Waals surface area contributed by atoms with Gasteiger partial charge in [-0.1, -0.05) is 28.1 Å². The number of likely N-dealkylation sites (N-methyl/N-ethyl adjacent to an activating group) is 1. The van der Waals surface area contributed by atoms with E-state index in [1.54, 1.807) is 0 Å². The minimum atomic E-state index is 0.304. The van der Waals surface area contributed by atoms with E-state index < -0.39 is 0 Å². The highest BCUT2D eigenvalue weighted by Crippen LogP contribution is 2.22. The Kier molecular flexibility index (Phi) is 4.77. The van der Waals surface area contributed by atoms with Crippen LogP contribution in [0.1, 0.15) is 25.5 Å². The highest BCUT2D eigenvalue weighted by molar-refractivity contribution is 9.10. The second-order valence-electron chi connectivity index (χ2n) is 4.06. The van der Waals surface area contributed by atoms with Gasteiger partial charge in [0.1, 0.15) is 0 Å². The van der Waals surface area contributed by atoms with Gasteiger partial charge in [-0.15, -0.1) is 0 Å². The average molecular weight is 271 g/mol. The standard InChI is InChI=1S/C12H19BrN2/c1-9(2)15(3)12(8-14)10-4-6-11(13)7-5-10/h4-7,9,12H,8,14H2,1-3H3. The molecule has 1 aromatic rings. The van der Waals surface area contributed by atoms with Crippen LogP contribution in [0.5, 0.6) is 0 Å². The molecule has 15 heavy (non-hydrogen) atoms. The summed E-state index contributed by atoms with van der Waals surface area (Å²) in [6, 6.07) is 9.18. The van der Waals surface area contributed by atoms with E-state index in [9.17, 15) is 0 Å². The fourth-order valence-corrected chi connectivity index (χ4v) is 1.85. The predicted octanol–water partition coefficient (Wildman–Crippen LogP) is 2.79. The number of benzene rings is 1. The van der Waals surface area contributed by atoms with Gasteiger partial charge in [0.15, 0.2) is 0 Å². The lowest BCUT2D eigenvalue weighted by Crippen LogP contribution is -2.35. The monoisotopic (exact) mass is 270 g/mol. The van der Waals surface area contributed by atoms with Crippen LogP contribution in [-0.4, -0.2) is 24.5 Å². The van der Waals surface area contributed by atoms with Crippen LogP contribution in [0.25, 0.3) is 0 Å². The molecule has 0 aromatic heterocycles. The van der Waals surface area contributed by atoms with Crippen molar-refractivity contribution in [2.24, 2.45) is 5.73 Å². The molecule has 1 rings (SSSR count). The predicted molar refractivity (Wildman–Crippen MR) is 68.8 cm³/mol. The van der Waals surface area contributed by atoms with E-state index in [2.05, 4.69) is 66.0 Å². The van der Waals surface area contributed by atoms with Gasteiger partial charge in [-0.25, -0.2) is 0 Å². The molecule has 2 nitrogen and oxygen atoms in total. The zero-order valence-electron chi connectivity index (χ0n) is 9.57. The maximum absolute atomic E-state index is 5.83. The lowest BCUT2D eigenvalue weighted by molar-refractivity contribution is 0.201. The molecule has 0 spiro atoms. The van der Waals surface area contributed by atoms with E-state index in [0.717, 1.165) is 4.47 Å². The van der Waals surface area contributed by atoms with Crippen molar-refractivity contribution in [3.05, 3.63) is 34.3 Å². The van der Waals surface area contributed by atoms with Crippen molar-refractivity contribution in [2.75, 3.05) is 13.6 Å². The molecule has 0 saturated heterocycles. The van der Waals surface area contributed by atoms with Crippen LogP contribution in [0.2, 0.25) is 0 Å². The van der Waals surface area contributed by atoms with Crippen LogP contribution in [0.4, 0.5) is 0 Å². The Morgan fingerprint density at radius 3 is 2.20 bits per heavy atom. The molecule has 3 heteroatoms. The first-order chi connectivity index (χ1) is 7.06. The lowest BCUT2D eigenvalue weighted by Gasteiger charge is -2.30. The second kappa shape index (κ2) is 5.64. The molecule has 0 aliphatic heterocycles. The number of hydrogen-bond donors (Lipinski definition) is 1. The summed E-state index contributed by atoms with van der Waals surface area (Å²) in [5.74, 6) is 0. The quantitative estimate of drug-likeness (QED) is 0.912. The maximum atomic E-state index is 5.83. The zero-order chi connectivity index (χ0) is 11.4. The van der Waals surface area contributed by atoms with Crippen molar-refractivity contribution in [2.45, 2.75) is 25.9 Å². The molecule has 0 aliphatic rings. The van der Waals surface area contributed by atoms with Crippen molar-refractivity contribution >= 4 is 15.9 Å². The molecule has 1 atom stereocenters. The summed E-state index contributed by atoms with van der Waals surface area (Å²) in [4.78, 5) is 2.29. The fourth-order valence-electron chi connectivity index (χ4n) is 1.58. The van der Waals surface area contributed by atoms with Crippen molar-refractivity contribution in [3.63, 3.8) is 0 Å². The van der Waals surface area contributed by atoms with Gasteiger partial charge in [-0.2, -0.15) is 0 Å². The molecule has 0 radical (unpaired) electrons. The van der Waals surface area contributed by atoms with Crippen molar-refractivity contribution in [3.8, 4) is 0 Å². The van der Waals surface area contributed by atoms with Crippen LogP contribution < -0.4 is 5.73 Å². The van der Waals surface area contributed by atoms with E-state index in [1.165, 1.54) is 5.56 Å². The third kappa shape index (κ3) is 3.30. The molecule has 0 aliphatic carbocycles. The highest BCUT2D eigenvalue weighted by atomic mass is 79.9. The topological polar surface area (TPSA) is 29.3 Å². The Hall–Kier alpha value is -0.380. The molecule has 84 valence electrons. The molecule has 0 saturated carbocycles. The maximum Gasteiger partial charge on any atom is 0.0470 e. The van der Waals surface area contributed by atoms with Crippen LogP contribution in [0.3, 0.4) is 0 Å².